The summed E-state index contributed by atoms with van der Waals surface area (Å²) < 4.78 is 0. The third-order valence-corrected chi connectivity index (χ3v) is 2.92. The van der Waals surface area contributed by atoms with Crippen LogP contribution in [0.25, 0.3) is 0 Å². The summed E-state index contributed by atoms with van der Waals surface area (Å²) in [5, 5.41) is 9.88. The monoisotopic (exact) mass is 223 g/mol. The van der Waals surface area contributed by atoms with E-state index in [1.807, 2.05) is 6.07 Å². The first kappa shape index (κ1) is 10.5. The van der Waals surface area contributed by atoms with Gasteiger partial charge in [-0.1, -0.05) is 29.8 Å². The molecule has 0 unspecified atom stereocenters. The molecular weight excluding hydrogens is 210 g/mol. The number of nitrogens with zero attached hydrogens (tertiary/aromatic N) is 1. The van der Waals surface area contributed by atoms with Crippen molar-refractivity contribution in [2.24, 2.45) is 0 Å². The highest BCUT2D eigenvalue weighted by Gasteiger charge is 2.09. The molecule has 1 heterocycles. The van der Waals surface area contributed by atoms with Gasteiger partial charge in [-0.3, -0.25) is 4.90 Å². The van der Waals surface area contributed by atoms with Crippen molar-refractivity contribution in [2.75, 3.05) is 13.1 Å². The molecule has 1 N–H and O–H groups in total. The van der Waals surface area contributed by atoms with Crippen molar-refractivity contribution in [3.8, 4) is 5.75 Å². The normalized spacial score (nSPS) is 16.9. The van der Waals surface area contributed by atoms with E-state index in [1.165, 1.54) is 0 Å². The van der Waals surface area contributed by atoms with Crippen molar-refractivity contribution in [1.29, 1.82) is 0 Å². The molecular formula is C12H14ClNO. The molecule has 0 saturated carbocycles. The topological polar surface area (TPSA) is 23.5 Å². The molecule has 2 nitrogen and oxygen atoms in total. The Morgan fingerprint density at radius 2 is 2.20 bits per heavy atom. The molecule has 1 aromatic carbocycles. The molecule has 0 fully saturated rings. The van der Waals surface area contributed by atoms with E-state index < -0.39 is 0 Å². The van der Waals surface area contributed by atoms with Crippen LogP contribution < -0.4 is 0 Å². The lowest BCUT2D eigenvalue weighted by molar-refractivity contribution is 0.290. The Balaban J connectivity index is 2.06. The second kappa shape index (κ2) is 4.69. The van der Waals surface area contributed by atoms with Crippen molar-refractivity contribution in [2.45, 2.75) is 13.0 Å². The Bertz CT molecular complexity index is 376. The fraction of sp³-hybridized carbons (Fsp3) is 0.333. The van der Waals surface area contributed by atoms with Gasteiger partial charge in [0.15, 0.2) is 0 Å². The summed E-state index contributed by atoms with van der Waals surface area (Å²) in [7, 11) is 0. The first-order valence-corrected chi connectivity index (χ1v) is 5.48. The predicted molar refractivity (Wildman–Crippen MR) is 62.2 cm³/mol. The van der Waals surface area contributed by atoms with Crippen LogP contribution in [-0.2, 0) is 6.54 Å². The number of hydrogen-bond donors (Lipinski definition) is 1. The van der Waals surface area contributed by atoms with E-state index in [4.69, 9.17) is 11.6 Å². The lowest BCUT2D eigenvalue weighted by atomic mass is 10.1. The van der Waals surface area contributed by atoms with E-state index in [0.717, 1.165) is 31.6 Å². The third-order valence-electron chi connectivity index (χ3n) is 2.57. The maximum atomic E-state index is 9.23. The predicted octanol–water partition coefficient (Wildman–Crippen LogP) is 2.81. The fourth-order valence-corrected chi connectivity index (χ4v) is 1.97. The van der Waals surface area contributed by atoms with E-state index in [1.54, 1.807) is 12.1 Å². The average Bonchev–Trinajstić information content (AvgIpc) is 2.24. The van der Waals surface area contributed by atoms with Crippen LogP contribution in [-0.4, -0.2) is 23.1 Å². The molecule has 0 saturated heterocycles. The van der Waals surface area contributed by atoms with Crippen LogP contribution in [0.2, 0.25) is 5.02 Å². The Kier molecular flexibility index (Phi) is 3.29. The number of aromatic hydroxyl groups is 1. The minimum absolute atomic E-state index is 0.224. The molecule has 1 aromatic rings. The quantitative estimate of drug-likeness (QED) is 0.780. The lowest BCUT2D eigenvalue weighted by Crippen LogP contribution is -2.26. The minimum Gasteiger partial charge on any atom is -0.508 e. The van der Waals surface area contributed by atoms with E-state index in [9.17, 15) is 5.11 Å². The highest BCUT2D eigenvalue weighted by Crippen LogP contribution is 2.23. The molecule has 0 aromatic heterocycles. The van der Waals surface area contributed by atoms with Gasteiger partial charge in [-0.15, -0.1) is 0 Å². The van der Waals surface area contributed by atoms with Crippen LogP contribution in [0.4, 0.5) is 0 Å². The SMILES string of the molecule is Oc1ccc(CN2CC=CCC2)c(Cl)c1. The largest absolute Gasteiger partial charge is 0.508 e. The minimum atomic E-state index is 0.224. The summed E-state index contributed by atoms with van der Waals surface area (Å²) in [4.78, 5) is 2.33. The van der Waals surface area contributed by atoms with E-state index in [2.05, 4.69) is 17.1 Å². The van der Waals surface area contributed by atoms with Crippen LogP contribution in [0, 0.1) is 0 Å². The van der Waals surface area contributed by atoms with Gasteiger partial charge < -0.3 is 5.11 Å². The highest BCUT2D eigenvalue weighted by atomic mass is 35.5. The van der Waals surface area contributed by atoms with Crippen molar-refractivity contribution in [1.82, 2.24) is 4.90 Å². The number of benzene rings is 1. The second-order valence-electron chi connectivity index (χ2n) is 3.77. The Hall–Kier alpha value is -0.990. The Morgan fingerprint density at radius 3 is 2.87 bits per heavy atom. The second-order valence-corrected chi connectivity index (χ2v) is 4.18. The molecule has 0 bridgehead atoms. The van der Waals surface area contributed by atoms with Gasteiger partial charge in [0.25, 0.3) is 0 Å². The van der Waals surface area contributed by atoms with Crippen LogP contribution in [0.15, 0.2) is 30.4 Å². The maximum Gasteiger partial charge on any atom is 0.117 e. The van der Waals surface area contributed by atoms with Gasteiger partial charge in [0, 0.05) is 24.7 Å². The van der Waals surface area contributed by atoms with E-state index in [-0.39, 0.29) is 5.75 Å². The zero-order valence-electron chi connectivity index (χ0n) is 8.49. The molecule has 0 spiro atoms. The fourth-order valence-electron chi connectivity index (χ4n) is 1.74. The number of halogens is 1. The first-order valence-electron chi connectivity index (χ1n) is 5.10. The first-order chi connectivity index (χ1) is 7.25. The molecule has 0 aliphatic carbocycles. The van der Waals surface area contributed by atoms with Gasteiger partial charge in [-0.2, -0.15) is 0 Å². The molecule has 0 amide bonds. The molecule has 2 rings (SSSR count). The summed E-state index contributed by atoms with van der Waals surface area (Å²) in [6.45, 7) is 2.91. The summed E-state index contributed by atoms with van der Waals surface area (Å²) in [5.74, 6) is 0.224. The van der Waals surface area contributed by atoms with Gasteiger partial charge >= 0.3 is 0 Å². The highest BCUT2D eigenvalue weighted by molar-refractivity contribution is 6.31. The number of hydrogen-bond acceptors (Lipinski definition) is 2. The number of rotatable bonds is 2. The Labute approximate surface area is 94.8 Å². The van der Waals surface area contributed by atoms with Gasteiger partial charge in [0.05, 0.1) is 0 Å². The van der Waals surface area contributed by atoms with Crippen LogP contribution in [0.3, 0.4) is 0 Å². The zero-order valence-corrected chi connectivity index (χ0v) is 9.24. The van der Waals surface area contributed by atoms with Crippen LogP contribution in [0.5, 0.6) is 5.75 Å². The molecule has 0 radical (unpaired) electrons. The summed E-state index contributed by atoms with van der Waals surface area (Å²) in [6, 6.07) is 5.16. The van der Waals surface area contributed by atoms with Crippen molar-refractivity contribution in [3.63, 3.8) is 0 Å². The third kappa shape index (κ3) is 2.74. The smallest absolute Gasteiger partial charge is 0.117 e. The van der Waals surface area contributed by atoms with Gasteiger partial charge in [0.2, 0.25) is 0 Å². The summed E-state index contributed by atoms with van der Waals surface area (Å²) in [6.07, 6.45) is 5.49. The van der Waals surface area contributed by atoms with Crippen molar-refractivity contribution < 1.29 is 5.11 Å². The van der Waals surface area contributed by atoms with Gasteiger partial charge in [-0.05, 0) is 24.1 Å². The lowest BCUT2D eigenvalue weighted by Gasteiger charge is -2.23. The Morgan fingerprint density at radius 1 is 1.33 bits per heavy atom. The number of phenols is 1. The summed E-state index contributed by atoms with van der Waals surface area (Å²) >= 11 is 6.04. The molecule has 15 heavy (non-hydrogen) atoms. The molecule has 3 heteroatoms. The van der Waals surface area contributed by atoms with E-state index in [0.29, 0.717) is 5.02 Å². The van der Waals surface area contributed by atoms with Gasteiger partial charge in [0.1, 0.15) is 5.75 Å². The standard InChI is InChI=1S/C12H14ClNO/c13-12-8-11(15)5-4-10(12)9-14-6-2-1-3-7-14/h1-2,4-5,8,15H,3,6-7,9H2. The molecule has 1 aliphatic heterocycles. The van der Waals surface area contributed by atoms with Gasteiger partial charge in [-0.25, -0.2) is 0 Å². The maximum absolute atomic E-state index is 9.23. The van der Waals surface area contributed by atoms with Crippen LogP contribution >= 0.6 is 11.6 Å². The number of phenolic OH excluding ortho intramolecular Hbond substituents is 1. The average molecular weight is 224 g/mol. The zero-order chi connectivity index (χ0) is 10.7. The molecule has 0 atom stereocenters. The molecule has 1 aliphatic rings. The summed E-state index contributed by atoms with van der Waals surface area (Å²) in [5.41, 5.74) is 1.07. The van der Waals surface area contributed by atoms with Crippen LogP contribution in [0.1, 0.15) is 12.0 Å². The van der Waals surface area contributed by atoms with Crippen molar-refractivity contribution >= 4 is 11.6 Å². The van der Waals surface area contributed by atoms with E-state index >= 15 is 0 Å². The van der Waals surface area contributed by atoms with Crippen molar-refractivity contribution in [3.05, 3.63) is 40.9 Å². The molecule has 80 valence electrons.